The molecule has 40 heavy (non-hydrogen) atoms. The maximum atomic E-state index is 12.7. The molecule has 3 N–H and O–H groups in total. The number of anilines is 2. The first kappa shape index (κ1) is 24.7. The van der Waals surface area contributed by atoms with Crippen LogP contribution >= 0.6 is 0 Å². The number of nitrogens with one attached hydrogen (secondary N) is 3. The molecule has 5 aromatic heterocycles. The van der Waals surface area contributed by atoms with Crippen LogP contribution < -0.4 is 10.2 Å². The summed E-state index contributed by atoms with van der Waals surface area (Å²) in [6.45, 7) is 2.13. The summed E-state index contributed by atoms with van der Waals surface area (Å²) >= 11 is 0. The Morgan fingerprint density at radius 3 is 2.55 bits per heavy atom. The van der Waals surface area contributed by atoms with Gasteiger partial charge >= 0.3 is 0 Å². The molecule has 2 aliphatic rings. The van der Waals surface area contributed by atoms with Crippen LogP contribution in [0.5, 0.6) is 0 Å². The van der Waals surface area contributed by atoms with E-state index in [-0.39, 0.29) is 5.91 Å². The number of hydrogen-bond acceptors (Lipinski definition) is 6. The molecule has 1 aliphatic heterocycles. The molecule has 0 bridgehead atoms. The Morgan fingerprint density at radius 1 is 0.875 bits per heavy atom. The molecule has 0 spiro atoms. The zero-order valence-corrected chi connectivity index (χ0v) is 22.6. The topological polar surface area (TPSA) is 115 Å². The van der Waals surface area contributed by atoms with E-state index in [0.29, 0.717) is 23.7 Å². The number of amides is 1. The zero-order valence-electron chi connectivity index (χ0n) is 22.6. The Balaban J connectivity index is 1.17. The van der Waals surface area contributed by atoms with Crippen molar-refractivity contribution in [3.05, 3.63) is 49.2 Å². The van der Waals surface area contributed by atoms with Crippen LogP contribution in [0, 0.1) is 5.92 Å². The first-order valence-corrected chi connectivity index (χ1v) is 14.5. The van der Waals surface area contributed by atoms with Gasteiger partial charge in [0, 0.05) is 53.8 Å². The van der Waals surface area contributed by atoms with Gasteiger partial charge in [0.2, 0.25) is 5.91 Å². The summed E-state index contributed by atoms with van der Waals surface area (Å²) in [6, 6.07) is 6.24. The Kier molecular flexibility index (Phi) is 6.63. The standard InChI is InChI=1S/C31H34N8O/c40-29(11-20-7-3-1-4-8-20)35-23-12-21(15-32-17-23)22-13-25-30(37-38-31(25)34-16-22)26-14-24-27(36-26)18-33-19-28(24)39-9-5-2-6-10-39/h12-20,36H,1-11H2,(H,35,40)(H,34,37,38). The molecule has 1 amide bonds. The lowest BCUT2D eigenvalue weighted by Crippen LogP contribution is -2.29. The summed E-state index contributed by atoms with van der Waals surface area (Å²) in [7, 11) is 0. The average Bonchev–Trinajstić information content (AvgIpc) is 3.62. The Hall–Kier alpha value is -4.27. The van der Waals surface area contributed by atoms with E-state index in [1.165, 1.54) is 49.6 Å². The second-order valence-electron chi connectivity index (χ2n) is 11.3. The molecule has 5 aromatic rings. The third-order valence-electron chi connectivity index (χ3n) is 8.45. The molecule has 0 aromatic carbocycles. The number of carbonyl (C=O) groups is 1. The van der Waals surface area contributed by atoms with Gasteiger partial charge in [-0.15, -0.1) is 0 Å². The summed E-state index contributed by atoms with van der Waals surface area (Å²) in [6.07, 6.45) is 19.5. The molecular formula is C31H34N8O. The number of piperidine rings is 1. The highest BCUT2D eigenvalue weighted by Gasteiger charge is 2.19. The minimum absolute atomic E-state index is 0.0637. The van der Waals surface area contributed by atoms with Crippen molar-refractivity contribution >= 4 is 39.2 Å². The summed E-state index contributed by atoms with van der Waals surface area (Å²) in [5, 5.41) is 12.8. The Bertz CT molecular complexity index is 1660. The molecule has 7 rings (SSSR count). The van der Waals surface area contributed by atoms with Gasteiger partial charge in [-0.05, 0) is 56.2 Å². The van der Waals surface area contributed by atoms with Gasteiger partial charge in [-0.2, -0.15) is 5.10 Å². The van der Waals surface area contributed by atoms with Gasteiger partial charge in [0.05, 0.1) is 46.9 Å². The predicted molar refractivity (Wildman–Crippen MR) is 158 cm³/mol. The molecule has 1 saturated heterocycles. The number of rotatable bonds is 6. The average molecular weight is 535 g/mol. The molecule has 204 valence electrons. The first-order valence-electron chi connectivity index (χ1n) is 14.5. The predicted octanol–water partition coefficient (Wildman–Crippen LogP) is 6.46. The summed E-state index contributed by atoms with van der Waals surface area (Å²) < 4.78 is 0. The quantitative estimate of drug-likeness (QED) is 0.230. The molecule has 0 unspecified atom stereocenters. The second kappa shape index (κ2) is 10.7. The lowest BCUT2D eigenvalue weighted by molar-refractivity contribution is -0.117. The number of aromatic amines is 2. The fraction of sp³-hybridized carbons (Fsp3) is 0.387. The molecule has 0 radical (unpaired) electrons. The zero-order chi connectivity index (χ0) is 26.9. The van der Waals surface area contributed by atoms with Gasteiger partial charge in [-0.3, -0.25) is 19.9 Å². The fourth-order valence-electron chi connectivity index (χ4n) is 6.35. The van der Waals surface area contributed by atoms with Crippen LogP contribution in [-0.4, -0.2) is 49.1 Å². The molecular weight excluding hydrogens is 500 g/mol. The van der Waals surface area contributed by atoms with E-state index in [1.807, 2.05) is 18.5 Å². The molecule has 9 nitrogen and oxygen atoms in total. The van der Waals surface area contributed by atoms with E-state index < -0.39 is 0 Å². The lowest BCUT2D eigenvalue weighted by atomic mass is 9.87. The van der Waals surface area contributed by atoms with Gasteiger partial charge in [0.25, 0.3) is 0 Å². The number of hydrogen-bond donors (Lipinski definition) is 3. The Labute approximate surface area is 232 Å². The number of aromatic nitrogens is 6. The van der Waals surface area contributed by atoms with Crippen LogP contribution in [0.25, 0.3) is 44.5 Å². The summed E-state index contributed by atoms with van der Waals surface area (Å²) in [5.74, 6) is 0.557. The number of nitrogens with zero attached hydrogens (tertiary/aromatic N) is 5. The molecule has 6 heterocycles. The van der Waals surface area contributed by atoms with E-state index in [1.54, 1.807) is 18.6 Å². The minimum atomic E-state index is 0.0637. The third-order valence-corrected chi connectivity index (χ3v) is 8.45. The van der Waals surface area contributed by atoms with Crippen LogP contribution in [0.15, 0.2) is 49.2 Å². The smallest absolute Gasteiger partial charge is 0.224 e. The largest absolute Gasteiger partial charge is 0.370 e. The van der Waals surface area contributed by atoms with Crippen molar-refractivity contribution in [1.82, 2.24) is 30.1 Å². The van der Waals surface area contributed by atoms with Crippen molar-refractivity contribution in [3.63, 3.8) is 0 Å². The molecule has 0 atom stereocenters. The molecule has 1 aliphatic carbocycles. The van der Waals surface area contributed by atoms with E-state index in [2.05, 4.69) is 52.5 Å². The SMILES string of the molecule is O=C(CC1CCCCC1)Nc1cncc(-c2cnc3n[nH]c(-c4cc5c(N6CCCCC6)cncc5[nH]4)c3c2)c1. The maximum Gasteiger partial charge on any atom is 0.224 e. The number of fused-ring (bicyclic) bond motifs is 2. The fourth-order valence-corrected chi connectivity index (χ4v) is 6.35. The minimum Gasteiger partial charge on any atom is -0.370 e. The van der Waals surface area contributed by atoms with E-state index >= 15 is 0 Å². The highest BCUT2D eigenvalue weighted by atomic mass is 16.1. The van der Waals surface area contributed by atoms with Gasteiger partial charge in [-0.25, -0.2) is 4.98 Å². The normalized spacial score (nSPS) is 16.6. The van der Waals surface area contributed by atoms with Gasteiger partial charge in [0.1, 0.15) is 0 Å². The molecule has 2 fully saturated rings. The van der Waals surface area contributed by atoms with Gasteiger partial charge in [0.15, 0.2) is 5.65 Å². The monoisotopic (exact) mass is 534 g/mol. The highest BCUT2D eigenvalue weighted by molar-refractivity contribution is 5.99. The molecule has 9 heteroatoms. The van der Waals surface area contributed by atoms with E-state index in [0.717, 1.165) is 59.3 Å². The van der Waals surface area contributed by atoms with Crippen LogP contribution in [-0.2, 0) is 4.79 Å². The van der Waals surface area contributed by atoms with Crippen LogP contribution in [0.1, 0.15) is 57.8 Å². The third kappa shape index (κ3) is 4.92. The number of H-pyrrole nitrogens is 2. The van der Waals surface area contributed by atoms with E-state index in [9.17, 15) is 4.79 Å². The maximum absolute atomic E-state index is 12.7. The lowest BCUT2D eigenvalue weighted by Gasteiger charge is -2.28. The van der Waals surface area contributed by atoms with E-state index in [4.69, 9.17) is 0 Å². The van der Waals surface area contributed by atoms with Crippen molar-refractivity contribution in [2.24, 2.45) is 5.92 Å². The highest BCUT2D eigenvalue weighted by Crippen LogP contribution is 2.35. The summed E-state index contributed by atoms with van der Waals surface area (Å²) in [5.41, 5.74) is 7.18. The Morgan fingerprint density at radius 2 is 1.68 bits per heavy atom. The number of carbonyl (C=O) groups excluding carboxylic acids is 1. The van der Waals surface area contributed by atoms with Crippen molar-refractivity contribution in [2.75, 3.05) is 23.3 Å². The van der Waals surface area contributed by atoms with Crippen molar-refractivity contribution < 1.29 is 4.79 Å². The first-order chi connectivity index (χ1) is 19.7. The van der Waals surface area contributed by atoms with Crippen LogP contribution in [0.3, 0.4) is 0 Å². The molecule has 1 saturated carbocycles. The van der Waals surface area contributed by atoms with Crippen LogP contribution in [0.4, 0.5) is 11.4 Å². The number of pyridine rings is 3. The summed E-state index contributed by atoms with van der Waals surface area (Å²) in [4.78, 5) is 32.2. The van der Waals surface area contributed by atoms with Crippen molar-refractivity contribution in [1.29, 1.82) is 0 Å². The van der Waals surface area contributed by atoms with Gasteiger partial charge < -0.3 is 15.2 Å². The van der Waals surface area contributed by atoms with Crippen LogP contribution in [0.2, 0.25) is 0 Å². The van der Waals surface area contributed by atoms with Crippen molar-refractivity contribution in [2.45, 2.75) is 57.8 Å². The van der Waals surface area contributed by atoms with Crippen molar-refractivity contribution in [3.8, 4) is 22.5 Å². The second-order valence-corrected chi connectivity index (χ2v) is 11.3. The van der Waals surface area contributed by atoms with Gasteiger partial charge in [-0.1, -0.05) is 19.3 Å².